The van der Waals surface area contributed by atoms with Crippen LogP contribution in [0.5, 0.6) is 0 Å². The van der Waals surface area contributed by atoms with Gasteiger partial charge in [0.1, 0.15) is 0 Å². The van der Waals surface area contributed by atoms with Crippen molar-refractivity contribution in [3.05, 3.63) is 0 Å². The van der Waals surface area contributed by atoms with Gasteiger partial charge in [0.25, 0.3) is 0 Å². The summed E-state index contributed by atoms with van der Waals surface area (Å²) in [5.41, 5.74) is 0. The minimum absolute atomic E-state index is 0.635. The van der Waals surface area contributed by atoms with Crippen LogP contribution >= 0.6 is 0 Å². The van der Waals surface area contributed by atoms with E-state index in [0.717, 1.165) is 19.1 Å². The Balaban J connectivity index is 1.73. The minimum atomic E-state index is 0.635. The molecule has 1 N–H and O–H groups in total. The molecule has 1 heterocycles. The van der Waals surface area contributed by atoms with Crippen molar-refractivity contribution in [2.24, 2.45) is 5.92 Å². The topological polar surface area (TPSA) is 21.3 Å². The summed E-state index contributed by atoms with van der Waals surface area (Å²) in [6.07, 6.45) is 6.95. The van der Waals surface area contributed by atoms with Crippen LogP contribution < -0.4 is 5.32 Å². The first-order valence-corrected chi connectivity index (χ1v) is 5.70. The highest BCUT2D eigenvalue weighted by Gasteiger charge is 2.24. The normalized spacial score (nSPS) is 32.5. The number of hydrogen-bond acceptors (Lipinski definition) is 2. The second kappa shape index (κ2) is 4.43. The van der Waals surface area contributed by atoms with Crippen molar-refractivity contribution in [3.8, 4) is 0 Å². The molecule has 1 aliphatic heterocycles. The Bertz CT molecular complexity index is 148. The van der Waals surface area contributed by atoms with Crippen LogP contribution in [0.4, 0.5) is 0 Å². The molecule has 2 fully saturated rings. The molecule has 2 rings (SSSR count). The van der Waals surface area contributed by atoms with Gasteiger partial charge in [0, 0.05) is 18.7 Å². The van der Waals surface area contributed by atoms with E-state index in [1.54, 1.807) is 0 Å². The summed E-state index contributed by atoms with van der Waals surface area (Å²) in [5.74, 6) is 0.931. The molecule has 1 saturated carbocycles. The molecule has 0 amide bonds. The summed E-state index contributed by atoms with van der Waals surface area (Å²) in [6.45, 7) is 4.22. The lowest BCUT2D eigenvalue weighted by atomic mass is 9.99. The fraction of sp³-hybridized carbons (Fsp3) is 1.00. The highest BCUT2D eigenvalue weighted by molar-refractivity contribution is 4.81. The van der Waals surface area contributed by atoms with Crippen LogP contribution in [0, 0.1) is 5.92 Å². The lowest BCUT2D eigenvalue weighted by molar-refractivity contribution is 0.185. The predicted molar refractivity (Wildman–Crippen MR) is 53.8 cm³/mol. The Labute approximate surface area is 81.0 Å². The van der Waals surface area contributed by atoms with E-state index in [1.165, 1.54) is 32.1 Å². The first-order chi connectivity index (χ1) is 6.36. The molecule has 0 aromatic carbocycles. The zero-order valence-electron chi connectivity index (χ0n) is 8.59. The van der Waals surface area contributed by atoms with E-state index in [-0.39, 0.29) is 0 Å². The van der Waals surface area contributed by atoms with Crippen molar-refractivity contribution in [1.82, 2.24) is 5.32 Å². The van der Waals surface area contributed by atoms with Gasteiger partial charge in [0.05, 0.1) is 6.61 Å². The first kappa shape index (κ1) is 9.47. The van der Waals surface area contributed by atoms with Crippen molar-refractivity contribution in [2.75, 3.05) is 13.2 Å². The van der Waals surface area contributed by atoms with Gasteiger partial charge in [0.2, 0.25) is 0 Å². The molecular weight excluding hydrogens is 162 g/mol. The average molecular weight is 183 g/mol. The fourth-order valence-corrected chi connectivity index (χ4v) is 2.63. The summed E-state index contributed by atoms with van der Waals surface area (Å²) < 4.78 is 5.36. The Morgan fingerprint density at radius 3 is 2.62 bits per heavy atom. The predicted octanol–water partition coefficient (Wildman–Crippen LogP) is 1.94. The average Bonchev–Trinajstić information content (AvgIpc) is 2.74. The van der Waals surface area contributed by atoms with E-state index >= 15 is 0 Å². The minimum Gasteiger partial charge on any atom is -0.380 e. The van der Waals surface area contributed by atoms with Gasteiger partial charge in [0.15, 0.2) is 0 Å². The third-order valence-electron chi connectivity index (χ3n) is 3.54. The maximum atomic E-state index is 5.36. The van der Waals surface area contributed by atoms with Crippen molar-refractivity contribution in [3.63, 3.8) is 0 Å². The zero-order chi connectivity index (χ0) is 9.10. The van der Waals surface area contributed by atoms with Gasteiger partial charge >= 0.3 is 0 Å². The smallest absolute Gasteiger partial charge is 0.0620 e. The molecule has 0 bridgehead atoms. The second-order valence-electron chi connectivity index (χ2n) is 4.56. The Morgan fingerprint density at radius 1 is 1.23 bits per heavy atom. The second-order valence-corrected chi connectivity index (χ2v) is 4.56. The Kier molecular flexibility index (Phi) is 3.23. The van der Waals surface area contributed by atoms with Crippen LogP contribution in [0.3, 0.4) is 0 Å². The fourth-order valence-electron chi connectivity index (χ4n) is 2.63. The SMILES string of the molecule is C[C@@H](NC1CCOC1)C1CCCC1. The summed E-state index contributed by atoms with van der Waals surface area (Å²) in [7, 11) is 0. The van der Waals surface area contributed by atoms with Crippen LogP contribution in [0.25, 0.3) is 0 Å². The number of ether oxygens (including phenoxy) is 1. The van der Waals surface area contributed by atoms with Crippen molar-refractivity contribution >= 4 is 0 Å². The van der Waals surface area contributed by atoms with Gasteiger partial charge in [-0.1, -0.05) is 12.8 Å². The quantitative estimate of drug-likeness (QED) is 0.722. The molecule has 13 heavy (non-hydrogen) atoms. The van der Waals surface area contributed by atoms with E-state index in [4.69, 9.17) is 4.74 Å². The van der Waals surface area contributed by atoms with Crippen molar-refractivity contribution in [2.45, 2.75) is 51.1 Å². The van der Waals surface area contributed by atoms with Gasteiger partial charge in [-0.25, -0.2) is 0 Å². The van der Waals surface area contributed by atoms with E-state index in [9.17, 15) is 0 Å². The molecular formula is C11H21NO. The standard InChI is InChI=1S/C11H21NO/c1-9(10-4-2-3-5-10)12-11-6-7-13-8-11/h9-12H,2-8H2,1H3/t9-,11?/m1/s1. The molecule has 2 aliphatic rings. The highest BCUT2D eigenvalue weighted by atomic mass is 16.5. The molecule has 0 aromatic heterocycles. The number of rotatable bonds is 3. The van der Waals surface area contributed by atoms with E-state index < -0.39 is 0 Å². The molecule has 0 radical (unpaired) electrons. The van der Waals surface area contributed by atoms with E-state index in [2.05, 4.69) is 12.2 Å². The molecule has 1 aliphatic carbocycles. The summed E-state index contributed by atoms with van der Waals surface area (Å²) in [4.78, 5) is 0. The van der Waals surface area contributed by atoms with Crippen LogP contribution in [0.1, 0.15) is 39.0 Å². The molecule has 2 heteroatoms. The zero-order valence-corrected chi connectivity index (χ0v) is 8.59. The highest BCUT2D eigenvalue weighted by Crippen LogP contribution is 2.27. The van der Waals surface area contributed by atoms with Crippen molar-refractivity contribution in [1.29, 1.82) is 0 Å². The van der Waals surface area contributed by atoms with Crippen LogP contribution in [0.2, 0.25) is 0 Å². The van der Waals surface area contributed by atoms with Gasteiger partial charge in [-0.15, -0.1) is 0 Å². The molecule has 76 valence electrons. The van der Waals surface area contributed by atoms with Gasteiger partial charge in [-0.2, -0.15) is 0 Å². The van der Waals surface area contributed by atoms with Gasteiger partial charge < -0.3 is 10.1 Å². The number of hydrogen-bond donors (Lipinski definition) is 1. The third-order valence-corrected chi connectivity index (χ3v) is 3.54. The molecule has 1 unspecified atom stereocenters. The summed E-state index contributed by atoms with van der Waals surface area (Å²) in [5, 5.41) is 3.70. The monoisotopic (exact) mass is 183 g/mol. The summed E-state index contributed by atoms with van der Waals surface area (Å²) in [6, 6.07) is 1.34. The maximum Gasteiger partial charge on any atom is 0.0620 e. The maximum absolute atomic E-state index is 5.36. The lowest BCUT2D eigenvalue weighted by Gasteiger charge is -2.23. The van der Waals surface area contributed by atoms with E-state index in [0.29, 0.717) is 12.1 Å². The molecule has 2 nitrogen and oxygen atoms in total. The van der Waals surface area contributed by atoms with Crippen molar-refractivity contribution < 1.29 is 4.74 Å². The Hall–Kier alpha value is -0.0800. The largest absolute Gasteiger partial charge is 0.380 e. The lowest BCUT2D eigenvalue weighted by Crippen LogP contribution is -2.40. The van der Waals surface area contributed by atoms with Crippen LogP contribution in [-0.2, 0) is 4.74 Å². The van der Waals surface area contributed by atoms with Crippen LogP contribution in [0.15, 0.2) is 0 Å². The molecule has 0 spiro atoms. The van der Waals surface area contributed by atoms with E-state index in [1.807, 2.05) is 0 Å². The van der Waals surface area contributed by atoms with Gasteiger partial charge in [-0.3, -0.25) is 0 Å². The summed E-state index contributed by atoms with van der Waals surface area (Å²) >= 11 is 0. The Morgan fingerprint density at radius 2 is 2.00 bits per heavy atom. The third kappa shape index (κ3) is 2.44. The first-order valence-electron chi connectivity index (χ1n) is 5.70. The molecule has 0 aromatic rings. The molecule has 2 atom stereocenters. The van der Waals surface area contributed by atoms with Gasteiger partial charge in [-0.05, 0) is 32.1 Å². The number of nitrogens with one attached hydrogen (secondary N) is 1. The van der Waals surface area contributed by atoms with Crippen LogP contribution in [-0.4, -0.2) is 25.3 Å². The molecule has 1 saturated heterocycles.